The maximum absolute atomic E-state index is 12.1. The topological polar surface area (TPSA) is 105 Å². The number of nitrogens with zero attached hydrogens (tertiary/aromatic N) is 7. The molecule has 5 heterocycles. The van der Waals surface area contributed by atoms with Crippen LogP contribution < -0.4 is 15.5 Å². The van der Waals surface area contributed by atoms with Crippen LogP contribution >= 0.6 is 0 Å². The first-order valence-electron chi connectivity index (χ1n) is 11.1. The molecule has 2 N–H and O–H groups in total. The summed E-state index contributed by atoms with van der Waals surface area (Å²) in [7, 11) is 0. The van der Waals surface area contributed by atoms with Gasteiger partial charge in [0.1, 0.15) is 11.3 Å². The zero-order chi connectivity index (χ0) is 25.2. The number of nitrogens with one attached hydrogen (secondary N) is 2. The maximum Gasteiger partial charge on any atom is 0.245 e. The lowest BCUT2D eigenvalue weighted by atomic mass is 10.4. The number of pyridine rings is 1. The molecular formula is C24H28FN9O. The van der Waals surface area contributed by atoms with E-state index in [1.165, 1.54) is 31.2 Å². The van der Waals surface area contributed by atoms with Crippen molar-refractivity contribution in [1.29, 1.82) is 0 Å². The second kappa shape index (κ2) is 12.1. The molecular weight excluding hydrogens is 449 g/mol. The summed E-state index contributed by atoms with van der Waals surface area (Å²) in [5, 5.41) is 10.3. The summed E-state index contributed by atoms with van der Waals surface area (Å²) in [6.45, 7) is 6.31. The van der Waals surface area contributed by atoms with Gasteiger partial charge in [-0.2, -0.15) is 9.37 Å². The molecule has 10 nitrogen and oxygen atoms in total. The van der Waals surface area contributed by atoms with Crippen LogP contribution in [-0.2, 0) is 4.79 Å². The lowest BCUT2D eigenvalue weighted by Gasteiger charge is -2.16. The second-order valence-corrected chi connectivity index (χ2v) is 7.85. The number of imidazole rings is 1. The second-order valence-electron chi connectivity index (χ2n) is 7.85. The smallest absolute Gasteiger partial charge is 0.245 e. The number of hydrogen-bond acceptors (Lipinski definition) is 7. The molecule has 5 rings (SSSR count). The Bertz CT molecular complexity index is 1240. The van der Waals surface area contributed by atoms with Crippen molar-refractivity contribution < 1.29 is 9.18 Å². The molecule has 0 atom stereocenters. The van der Waals surface area contributed by atoms with Crippen LogP contribution in [0, 0.1) is 18.8 Å². The van der Waals surface area contributed by atoms with Gasteiger partial charge in [0.15, 0.2) is 5.82 Å². The highest BCUT2D eigenvalue weighted by Gasteiger charge is 2.18. The molecule has 4 aromatic heterocycles. The molecule has 1 amide bonds. The van der Waals surface area contributed by atoms with Crippen LogP contribution in [0.1, 0.15) is 32.7 Å². The van der Waals surface area contributed by atoms with E-state index in [2.05, 4.69) is 61.9 Å². The van der Waals surface area contributed by atoms with Gasteiger partial charge in [-0.25, -0.2) is 14.5 Å². The minimum Gasteiger partial charge on any atom is -0.340 e. The third-order valence-corrected chi connectivity index (χ3v) is 5.17. The van der Waals surface area contributed by atoms with Crippen molar-refractivity contribution in [2.45, 2.75) is 32.7 Å². The van der Waals surface area contributed by atoms with Crippen LogP contribution in [0.3, 0.4) is 0 Å². The fourth-order valence-corrected chi connectivity index (χ4v) is 3.40. The van der Waals surface area contributed by atoms with Gasteiger partial charge in [0.05, 0.1) is 18.2 Å². The fraction of sp³-hybridized carbons (Fsp3) is 0.292. The van der Waals surface area contributed by atoms with E-state index in [4.69, 9.17) is 4.98 Å². The number of halogens is 1. The van der Waals surface area contributed by atoms with Crippen LogP contribution in [0.2, 0.25) is 0 Å². The molecule has 0 aliphatic carbocycles. The van der Waals surface area contributed by atoms with Crippen LogP contribution in [0.5, 0.6) is 0 Å². The highest BCUT2D eigenvalue weighted by Crippen LogP contribution is 2.24. The Hall–Kier alpha value is -4.46. The summed E-state index contributed by atoms with van der Waals surface area (Å²) in [5.74, 6) is 1.81. The largest absolute Gasteiger partial charge is 0.340 e. The fourth-order valence-electron chi connectivity index (χ4n) is 3.40. The van der Waals surface area contributed by atoms with Crippen LogP contribution in [-0.4, -0.2) is 48.6 Å². The molecule has 0 spiro atoms. The molecule has 182 valence electrons. The van der Waals surface area contributed by atoms with E-state index in [9.17, 15) is 9.18 Å². The number of carbonyl (C=O) groups is 1. The van der Waals surface area contributed by atoms with Crippen molar-refractivity contribution in [3.63, 3.8) is 0 Å². The van der Waals surface area contributed by atoms with Gasteiger partial charge in [-0.3, -0.25) is 4.79 Å². The van der Waals surface area contributed by atoms with Gasteiger partial charge in [0.25, 0.3) is 0 Å². The van der Waals surface area contributed by atoms with Crippen LogP contribution in [0.25, 0.3) is 5.52 Å². The van der Waals surface area contributed by atoms with Crippen molar-refractivity contribution in [3.8, 4) is 12.8 Å². The Morgan fingerprint density at radius 2 is 1.91 bits per heavy atom. The molecule has 0 bridgehead atoms. The minimum atomic E-state index is -0.559. The number of fused-ring (bicyclic) bond motifs is 1. The average molecular weight is 478 g/mol. The van der Waals surface area contributed by atoms with Gasteiger partial charge >= 0.3 is 0 Å². The summed E-state index contributed by atoms with van der Waals surface area (Å²) in [6, 6.07) is 6.98. The molecule has 1 aliphatic heterocycles. The molecule has 1 aliphatic rings. The number of carbonyl (C=O) groups excluding carboxylic acids is 1. The quantitative estimate of drug-likeness (QED) is 0.247. The van der Waals surface area contributed by atoms with E-state index >= 15 is 0 Å². The van der Waals surface area contributed by atoms with Crippen molar-refractivity contribution in [3.05, 3.63) is 55.1 Å². The van der Waals surface area contributed by atoms with Crippen LogP contribution in [0.4, 0.5) is 27.7 Å². The number of terminal acetylenes is 1. The SMILES string of the molecule is C#C.CC(C)n1cnc(Nc2nc(N3CCCC3)nn3cccc23)c1.O=CNc1ccc(F)nc1. The summed E-state index contributed by atoms with van der Waals surface area (Å²) in [4.78, 5) is 24.5. The Morgan fingerprint density at radius 1 is 1.14 bits per heavy atom. The highest BCUT2D eigenvalue weighted by molar-refractivity contribution is 5.73. The molecule has 0 radical (unpaired) electrons. The Kier molecular flexibility index (Phi) is 8.72. The summed E-state index contributed by atoms with van der Waals surface area (Å²) < 4.78 is 16.0. The third-order valence-electron chi connectivity index (χ3n) is 5.17. The van der Waals surface area contributed by atoms with Gasteiger partial charge < -0.3 is 20.1 Å². The van der Waals surface area contributed by atoms with Gasteiger partial charge in [-0.15, -0.1) is 17.9 Å². The zero-order valence-electron chi connectivity index (χ0n) is 19.7. The summed E-state index contributed by atoms with van der Waals surface area (Å²) >= 11 is 0. The predicted molar refractivity (Wildman–Crippen MR) is 134 cm³/mol. The maximum atomic E-state index is 12.1. The van der Waals surface area contributed by atoms with Crippen molar-refractivity contribution in [2.24, 2.45) is 0 Å². The van der Waals surface area contributed by atoms with Crippen molar-refractivity contribution in [2.75, 3.05) is 28.6 Å². The Labute approximate surface area is 203 Å². The van der Waals surface area contributed by atoms with Gasteiger partial charge in [0, 0.05) is 31.5 Å². The normalized spacial score (nSPS) is 12.5. The Balaban J connectivity index is 0.000000240. The number of aromatic nitrogens is 6. The van der Waals surface area contributed by atoms with E-state index in [0.717, 1.165) is 36.2 Å². The third kappa shape index (κ3) is 6.54. The molecule has 1 fully saturated rings. The monoisotopic (exact) mass is 477 g/mol. The van der Waals surface area contributed by atoms with E-state index in [-0.39, 0.29) is 0 Å². The summed E-state index contributed by atoms with van der Waals surface area (Å²) in [5.41, 5.74) is 1.43. The van der Waals surface area contributed by atoms with Gasteiger partial charge in [0.2, 0.25) is 18.3 Å². The highest BCUT2D eigenvalue weighted by atomic mass is 19.1. The van der Waals surface area contributed by atoms with Crippen LogP contribution in [0.15, 0.2) is 49.2 Å². The molecule has 1 saturated heterocycles. The molecule has 0 unspecified atom stereocenters. The lowest BCUT2D eigenvalue weighted by Crippen LogP contribution is -2.22. The first-order valence-corrected chi connectivity index (χ1v) is 11.1. The lowest BCUT2D eigenvalue weighted by molar-refractivity contribution is -0.105. The van der Waals surface area contributed by atoms with E-state index < -0.39 is 5.95 Å². The standard InChI is InChI=1S/C16H21N7.C6H5FN2O.C2H2/c1-12(2)22-10-14(17-11-22)18-15-13-6-5-9-23(13)20-16(19-15)21-7-3-4-8-21;7-6-2-1-5(3-8-6)9-4-10;1-2/h5-6,9-12H,3-4,7-8H2,1-2H3,(H,18,19,20);1-4H,(H,9,10);1-2H. The number of amides is 1. The number of anilines is 4. The first-order chi connectivity index (χ1) is 17.0. The van der Waals surface area contributed by atoms with Crippen molar-refractivity contribution in [1.82, 2.24) is 29.1 Å². The molecule has 0 aromatic carbocycles. The first kappa shape index (κ1) is 25.2. The zero-order valence-corrected chi connectivity index (χ0v) is 19.7. The minimum absolute atomic E-state index is 0.386. The summed E-state index contributed by atoms with van der Waals surface area (Å²) in [6.07, 6.45) is 17.9. The van der Waals surface area contributed by atoms with E-state index in [1.807, 2.05) is 35.4 Å². The molecule has 35 heavy (non-hydrogen) atoms. The Morgan fingerprint density at radius 3 is 2.54 bits per heavy atom. The van der Waals surface area contributed by atoms with Gasteiger partial charge in [-0.05, 0) is 51.0 Å². The number of hydrogen-bond donors (Lipinski definition) is 2. The predicted octanol–water partition coefficient (Wildman–Crippen LogP) is 3.89. The van der Waals surface area contributed by atoms with Crippen molar-refractivity contribution >= 4 is 35.2 Å². The van der Waals surface area contributed by atoms with E-state index in [1.54, 1.807) is 0 Å². The average Bonchev–Trinajstić information content (AvgIpc) is 3.64. The van der Waals surface area contributed by atoms with Gasteiger partial charge in [-0.1, -0.05) is 0 Å². The number of rotatable bonds is 6. The molecule has 4 aromatic rings. The molecule has 0 saturated carbocycles. The van der Waals surface area contributed by atoms with E-state index in [0.29, 0.717) is 18.1 Å². The molecule has 11 heteroatoms.